The van der Waals surface area contributed by atoms with Crippen LogP contribution in [0.5, 0.6) is 0 Å². The van der Waals surface area contributed by atoms with Crippen LogP contribution in [0.15, 0.2) is 54.6 Å². The minimum atomic E-state index is -0.303. The Morgan fingerprint density at radius 3 is 2.57 bits per heavy atom. The Kier molecular flexibility index (Phi) is 5.51. The highest BCUT2D eigenvalue weighted by Crippen LogP contribution is 2.24. The molecule has 5 heteroatoms. The first-order valence-electron chi connectivity index (χ1n) is 9.89. The number of anilines is 2. The maximum atomic E-state index is 13.3. The van der Waals surface area contributed by atoms with Crippen molar-refractivity contribution in [2.75, 3.05) is 17.2 Å². The van der Waals surface area contributed by atoms with Crippen molar-refractivity contribution in [2.45, 2.75) is 32.1 Å². The lowest BCUT2D eigenvalue weighted by molar-refractivity contribution is 0.102. The summed E-state index contributed by atoms with van der Waals surface area (Å²) >= 11 is 0. The van der Waals surface area contributed by atoms with Gasteiger partial charge in [0.2, 0.25) is 0 Å². The van der Waals surface area contributed by atoms with Crippen LogP contribution >= 0.6 is 0 Å². The number of aromatic nitrogens is 1. The maximum absolute atomic E-state index is 13.3. The van der Waals surface area contributed by atoms with Crippen LogP contribution in [-0.2, 0) is 0 Å². The Bertz CT molecular complexity index is 965. The molecule has 0 unspecified atom stereocenters. The number of hydrogen-bond donors (Lipinski definition) is 2. The van der Waals surface area contributed by atoms with Crippen LogP contribution in [0.25, 0.3) is 10.9 Å². The predicted molar refractivity (Wildman–Crippen MR) is 111 cm³/mol. The van der Waals surface area contributed by atoms with Gasteiger partial charge in [0.1, 0.15) is 11.6 Å². The van der Waals surface area contributed by atoms with Gasteiger partial charge in [-0.3, -0.25) is 4.79 Å². The summed E-state index contributed by atoms with van der Waals surface area (Å²) in [7, 11) is 0. The second-order valence-corrected chi connectivity index (χ2v) is 7.45. The maximum Gasteiger partial charge on any atom is 0.256 e. The summed E-state index contributed by atoms with van der Waals surface area (Å²) < 4.78 is 13.3. The predicted octanol–water partition coefficient (Wildman–Crippen LogP) is 5.62. The molecule has 1 heterocycles. The third-order valence-electron chi connectivity index (χ3n) is 5.36. The van der Waals surface area contributed by atoms with E-state index in [1.807, 2.05) is 24.3 Å². The first-order chi connectivity index (χ1) is 13.7. The number of hydrogen-bond acceptors (Lipinski definition) is 3. The van der Waals surface area contributed by atoms with Crippen molar-refractivity contribution in [3.05, 3.63) is 66.0 Å². The normalized spacial score (nSPS) is 14.8. The molecule has 1 saturated carbocycles. The van der Waals surface area contributed by atoms with Gasteiger partial charge in [-0.15, -0.1) is 0 Å². The molecule has 1 amide bonds. The fourth-order valence-electron chi connectivity index (χ4n) is 3.75. The van der Waals surface area contributed by atoms with Gasteiger partial charge in [-0.2, -0.15) is 0 Å². The molecule has 28 heavy (non-hydrogen) atoms. The van der Waals surface area contributed by atoms with Crippen LogP contribution in [0.1, 0.15) is 42.5 Å². The van der Waals surface area contributed by atoms with Gasteiger partial charge in [0.25, 0.3) is 5.91 Å². The molecule has 3 aromatic rings. The molecule has 1 aliphatic carbocycles. The molecular weight excluding hydrogens is 353 g/mol. The Hall–Kier alpha value is -2.95. The number of benzene rings is 2. The topological polar surface area (TPSA) is 54.0 Å². The molecule has 0 bridgehead atoms. The number of fused-ring (bicyclic) bond motifs is 1. The number of carbonyl (C=O) groups excluding carboxylic acids is 1. The molecule has 0 spiro atoms. The second-order valence-electron chi connectivity index (χ2n) is 7.45. The minimum absolute atomic E-state index is 0.215. The van der Waals surface area contributed by atoms with Gasteiger partial charge in [0, 0.05) is 23.2 Å². The van der Waals surface area contributed by atoms with Gasteiger partial charge in [-0.1, -0.05) is 19.3 Å². The van der Waals surface area contributed by atoms with Crippen LogP contribution < -0.4 is 10.6 Å². The highest BCUT2D eigenvalue weighted by Gasteiger charge is 2.13. The van der Waals surface area contributed by atoms with Crippen molar-refractivity contribution >= 4 is 28.3 Å². The van der Waals surface area contributed by atoms with Gasteiger partial charge in [-0.05, 0) is 73.4 Å². The van der Waals surface area contributed by atoms with E-state index in [1.54, 1.807) is 18.2 Å². The zero-order valence-corrected chi connectivity index (χ0v) is 15.7. The zero-order valence-electron chi connectivity index (χ0n) is 15.7. The summed E-state index contributed by atoms with van der Waals surface area (Å²) in [5.41, 5.74) is 2.25. The summed E-state index contributed by atoms with van der Waals surface area (Å²) in [6.45, 7) is 0.993. The number of rotatable bonds is 5. The van der Waals surface area contributed by atoms with Crippen LogP contribution in [-0.4, -0.2) is 17.4 Å². The molecule has 1 aliphatic rings. The van der Waals surface area contributed by atoms with E-state index < -0.39 is 0 Å². The summed E-state index contributed by atoms with van der Waals surface area (Å²) in [5, 5.41) is 6.98. The van der Waals surface area contributed by atoms with Crippen LogP contribution in [0.2, 0.25) is 0 Å². The zero-order chi connectivity index (χ0) is 19.3. The summed E-state index contributed by atoms with van der Waals surface area (Å²) in [5.74, 6) is 0.684. The van der Waals surface area contributed by atoms with E-state index in [4.69, 9.17) is 0 Å². The SMILES string of the molecule is O=C(Nc1ccc2cc(F)ccc2n1)c1ccc(NCC2CCCCC2)cc1. The summed E-state index contributed by atoms with van der Waals surface area (Å²) in [6, 6.07) is 15.3. The van der Waals surface area contributed by atoms with Crippen molar-refractivity contribution in [3.63, 3.8) is 0 Å². The highest BCUT2D eigenvalue weighted by molar-refractivity contribution is 6.04. The first kappa shape index (κ1) is 18.4. The number of nitrogens with one attached hydrogen (secondary N) is 2. The lowest BCUT2D eigenvalue weighted by atomic mass is 9.89. The molecule has 0 radical (unpaired) electrons. The molecule has 0 aliphatic heterocycles. The van der Waals surface area contributed by atoms with E-state index in [-0.39, 0.29) is 11.7 Å². The summed E-state index contributed by atoms with van der Waals surface area (Å²) in [6.07, 6.45) is 6.65. The average Bonchev–Trinajstić information content (AvgIpc) is 2.73. The Morgan fingerprint density at radius 2 is 1.79 bits per heavy atom. The molecular formula is C23H24FN3O. The molecule has 0 saturated heterocycles. The lowest BCUT2D eigenvalue weighted by Gasteiger charge is -2.22. The van der Waals surface area contributed by atoms with E-state index in [9.17, 15) is 9.18 Å². The number of amides is 1. The standard InChI is InChI=1S/C23H24FN3O/c24-19-9-12-21-18(14-19)8-13-22(26-21)27-23(28)17-6-10-20(11-7-17)25-15-16-4-2-1-3-5-16/h6-14,16,25H,1-5,15H2,(H,26,27,28). The van der Waals surface area contributed by atoms with Crippen molar-refractivity contribution in [2.24, 2.45) is 5.92 Å². The van der Waals surface area contributed by atoms with E-state index in [1.165, 1.54) is 44.2 Å². The van der Waals surface area contributed by atoms with E-state index in [0.717, 1.165) is 18.2 Å². The van der Waals surface area contributed by atoms with Gasteiger partial charge < -0.3 is 10.6 Å². The van der Waals surface area contributed by atoms with Crippen LogP contribution in [0.3, 0.4) is 0 Å². The minimum Gasteiger partial charge on any atom is -0.385 e. The van der Waals surface area contributed by atoms with Gasteiger partial charge in [-0.25, -0.2) is 9.37 Å². The van der Waals surface area contributed by atoms with Crippen molar-refractivity contribution in [1.82, 2.24) is 4.98 Å². The molecule has 4 rings (SSSR count). The lowest BCUT2D eigenvalue weighted by Crippen LogP contribution is -2.17. The number of nitrogens with zero attached hydrogens (tertiary/aromatic N) is 1. The van der Waals surface area contributed by atoms with Crippen molar-refractivity contribution in [3.8, 4) is 0 Å². The summed E-state index contributed by atoms with van der Waals surface area (Å²) in [4.78, 5) is 16.9. The van der Waals surface area contributed by atoms with Crippen molar-refractivity contribution < 1.29 is 9.18 Å². The molecule has 0 atom stereocenters. The molecule has 1 fully saturated rings. The molecule has 4 nitrogen and oxygen atoms in total. The number of halogens is 1. The monoisotopic (exact) mass is 377 g/mol. The van der Waals surface area contributed by atoms with Crippen LogP contribution in [0.4, 0.5) is 15.9 Å². The third-order valence-corrected chi connectivity index (χ3v) is 5.36. The van der Waals surface area contributed by atoms with Crippen molar-refractivity contribution in [1.29, 1.82) is 0 Å². The molecule has 2 N–H and O–H groups in total. The van der Waals surface area contributed by atoms with Crippen LogP contribution in [0, 0.1) is 11.7 Å². The van der Waals surface area contributed by atoms with E-state index >= 15 is 0 Å². The second kappa shape index (κ2) is 8.38. The first-order valence-corrected chi connectivity index (χ1v) is 9.89. The quantitative estimate of drug-likeness (QED) is 0.607. The van der Waals surface area contributed by atoms with E-state index in [2.05, 4.69) is 15.6 Å². The van der Waals surface area contributed by atoms with E-state index in [0.29, 0.717) is 22.3 Å². The highest BCUT2D eigenvalue weighted by atomic mass is 19.1. The number of carbonyl (C=O) groups is 1. The smallest absolute Gasteiger partial charge is 0.256 e. The molecule has 144 valence electrons. The average molecular weight is 377 g/mol. The molecule has 1 aromatic heterocycles. The Balaban J connectivity index is 1.37. The van der Waals surface area contributed by atoms with Gasteiger partial charge >= 0.3 is 0 Å². The molecule has 2 aromatic carbocycles. The van der Waals surface area contributed by atoms with Gasteiger partial charge in [0.05, 0.1) is 5.52 Å². The fourth-order valence-corrected chi connectivity index (χ4v) is 3.75. The Labute approximate surface area is 164 Å². The third kappa shape index (κ3) is 4.47. The number of pyridine rings is 1. The van der Waals surface area contributed by atoms with Gasteiger partial charge in [0.15, 0.2) is 0 Å². The largest absolute Gasteiger partial charge is 0.385 e. The Morgan fingerprint density at radius 1 is 1.00 bits per heavy atom. The fraction of sp³-hybridized carbons (Fsp3) is 0.304.